The fourth-order valence-electron chi connectivity index (χ4n) is 4.35. The van der Waals surface area contributed by atoms with Gasteiger partial charge in [-0.05, 0) is 91.9 Å². The zero-order valence-electron chi connectivity index (χ0n) is 22.1. The largest absolute Gasteiger partial charge is 0.416 e. The molecule has 2 aromatic carbocycles. The summed E-state index contributed by atoms with van der Waals surface area (Å²) in [5.74, 6) is -0.427. The minimum absolute atomic E-state index is 0.135. The third-order valence-corrected chi connectivity index (χ3v) is 6.42. The second-order valence-electron chi connectivity index (χ2n) is 9.54. The van der Waals surface area contributed by atoms with Crippen LogP contribution in [-0.2, 0) is 12.6 Å². The van der Waals surface area contributed by atoms with Crippen LogP contribution in [0.5, 0.6) is 0 Å². The van der Waals surface area contributed by atoms with E-state index in [2.05, 4.69) is 20.6 Å². The minimum atomic E-state index is -4.51. The van der Waals surface area contributed by atoms with Gasteiger partial charge in [0.05, 0.1) is 11.3 Å². The number of amides is 1. The normalized spacial score (nSPS) is 11.5. The highest BCUT2D eigenvalue weighted by Crippen LogP contribution is 2.34. The molecule has 0 saturated heterocycles. The molecule has 2 aromatic heterocycles. The average molecular weight is 569 g/mol. The standard InChI is InChI=1S/C28H31F3N8O2/c29-28(30,31)21-13-17(4-1-2-9-32)12-19(14-21)23-15-20-16-39(27(41)38-24(20)37-23)22-7-5-18(6-8-22)25(40)35-10-3-11-36-26(33)34/h5-8,12-16H,1-4,9-11,32H2,(H,35,40)(H4,33,34,36)(H,37,38,41). The highest BCUT2D eigenvalue weighted by Gasteiger charge is 2.31. The number of unbranched alkanes of at least 4 members (excludes halogenated alkanes) is 1. The number of rotatable bonds is 11. The molecule has 0 bridgehead atoms. The van der Waals surface area contributed by atoms with E-state index in [1.807, 2.05) is 0 Å². The van der Waals surface area contributed by atoms with E-state index in [9.17, 15) is 22.8 Å². The van der Waals surface area contributed by atoms with Gasteiger partial charge in [-0.3, -0.25) is 14.8 Å². The molecule has 0 spiro atoms. The van der Waals surface area contributed by atoms with Gasteiger partial charge in [-0.15, -0.1) is 0 Å². The molecule has 0 unspecified atom stereocenters. The van der Waals surface area contributed by atoms with Crippen molar-refractivity contribution in [3.63, 3.8) is 0 Å². The third-order valence-electron chi connectivity index (χ3n) is 6.42. The number of guanidine groups is 1. The number of aryl methyl sites for hydroxylation is 1. The molecule has 0 saturated carbocycles. The summed E-state index contributed by atoms with van der Waals surface area (Å²) in [5.41, 5.74) is 11.8. The van der Waals surface area contributed by atoms with E-state index in [-0.39, 0.29) is 17.5 Å². The number of hydrogen-bond donors (Lipinski definition) is 6. The monoisotopic (exact) mass is 568 g/mol. The highest BCUT2D eigenvalue weighted by molar-refractivity contribution is 5.94. The summed E-state index contributed by atoms with van der Waals surface area (Å²) in [6.45, 7) is 1.31. The summed E-state index contributed by atoms with van der Waals surface area (Å²) in [6, 6.07) is 11.9. The van der Waals surface area contributed by atoms with Gasteiger partial charge in [-0.1, -0.05) is 0 Å². The number of carbonyl (C=O) groups is 1. The van der Waals surface area contributed by atoms with Crippen LogP contribution in [0, 0.1) is 5.41 Å². The zero-order valence-corrected chi connectivity index (χ0v) is 22.1. The van der Waals surface area contributed by atoms with Crippen molar-refractivity contribution in [3.8, 4) is 16.9 Å². The molecule has 0 atom stereocenters. The number of carbonyl (C=O) groups excluding carboxylic acids is 1. The quantitative estimate of drug-likeness (QED) is 0.0922. The Balaban J connectivity index is 1.56. The molecule has 4 rings (SSSR count). The lowest BCUT2D eigenvalue weighted by atomic mass is 9.99. The van der Waals surface area contributed by atoms with Crippen LogP contribution in [0.2, 0.25) is 0 Å². The number of nitrogens with zero attached hydrogens (tertiary/aromatic N) is 2. The number of halogens is 3. The second-order valence-corrected chi connectivity index (χ2v) is 9.54. The van der Waals surface area contributed by atoms with Gasteiger partial charge >= 0.3 is 11.9 Å². The van der Waals surface area contributed by atoms with Crippen LogP contribution in [0.15, 0.2) is 59.5 Å². The number of aromatic nitrogens is 3. The van der Waals surface area contributed by atoms with Gasteiger partial charge in [0.25, 0.3) is 5.91 Å². The third kappa shape index (κ3) is 7.51. The molecule has 13 heteroatoms. The fraction of sp³-hybridized carbons (Fsp3) is 0.286. The van der Waals surface area contributed by atoms with Gasteiger partial charge in [-0.25, -0.2) is 4.79 Å². The van der Waals surface area contributed by atoms with E-state index in [0.29, 0.717) is 78.8 Å². The van der Waals surface area contributed by atoms with Gasteiger partial charge in [0, 0.05) is 35.9 Å². The second kappa shape index (κ2) is 12.7. The first-order valence-electron chi connectivity index (χ1n) is 13.1. The average Bonchev–Trinajstić information content (AvgIpc) is 3.34. The Morgan fingerprint density at radius 2 is 1.76 bits per heavy atom. The lowest BCUT2D eigenvalue weighted by Gasteiger charge is -2.12. The van der Waals surface area contributed by atoms with Crippen LogP contribution >= 0.6 is 0 Å². The minimum Gasteiger partial charge on any atom is -0.370 e. The van der Waals surface area contributed by atoms with E-state index in [1.165, 1.54) is 4.57 Å². The first kappa shape index (κ1) is 29.3. The molecule has 0 aliphatic rings. The number of benzene rings is 2. The number of nitrogens with one attached hydrogen (secondary N) is 4. The Labute approximate surface area is 233 Å². The van der Waals surface area contributed by atoms with E-state index >= 15 is 0 Å². The molecule has 0 aliphatic carbocycles. The van der Waals surface area contributed by atoms with E-state index < -0.39 is 17.4 Å². The van der Waals surface area contributed by atoms with Gasteiger partial charge in [0.15, 0.2) is 5.96 Å². The van der Waals surface area contributed by atoms with Crippen LogP contribution in [-0.4, -0.2) is 46.0 Å². The Kier molecular flexibility index (Phi) is 9.07. The first-order chi connectivity index (χ1) is 19.5. The summed E-state index contributed by atoms with van der Waals surface area (Å²) in [7, 11) is 0. The summed E-state index contributed by atoms with van der Waals surface area (Å²) in [4.78, 5) is 32.3. The first-order valence-corrected chi connectivity index (χ1v) is 13.1. The van der Waals surface area contributed by atoms with Crippen LogP contribution in [0.3, 0.4) is 0 Å². The molecule has 10 nitrogen and oxygen atoms in total. The van der Waals surface area contributed by atoms with E-state index in [1.54, 1.807) is 42.6 Å². The van der Waals surface area contributed by atoms with E-state index in [0.717, 1.165) is 12.1 Å². The van der Waals surface area contributed by atoms with Crippen LogP contribution in [0.4, 0.5) is 13.2 Å². The molecule has 0 radical (unpaired) electrons. The summed E-state index contributed by atoms with van der Waals surface area (Å²) >= 11 is 0. The molecule has 2 heterocycles. The Morgan fingerprint density at radius 1 is 1.02 bits per heavy atom. The van der Waals surface area contributed by atoms with Crippen molar-refractivity contribution in [3.05, 3.63) is 81.9 Å². The molecule has 1 amide bonds. The predicted octanol–water partition coefficient (Wildman–Crippen LogP) is 3.28. The lowest BCUT2D eigenvalue weighted by Crippen LogP contribution is -2.33. The van der Waals surface area contributed by atoms with Crippen molar-refractivity contribution in [2.24, 2.45) is 11.5 Å². The van der Waals surface area contributed by atoms with Gasteiger partial charge < -0.3 is 27.1 Å². The number of nitrogens with two attached hydrogens (primary N) is 2. The van der Waals surface area contributed by atoms with Crippen molar-refractivity contribution < 1.29 is 18.0 Å². The topological polar surface area (TPSA) is 168 Å². The molecular weight excluding hydrogens is 537 g/mol. The number of H-pyrrole nitrogens is 1. The molecule has 216 valence electrons. The Morgan fingerprint density at radius 3 is 2.44 bits per heavy atom. The number of alkyl halides is 3. The molecule has 0 aliphatic heterocycles. The van der Waals surface area contributed by atoms with Crippen molar-refractivity contribution >= 4 is 22.9 Å². The number of fused-ring (bicyclic) bond motifs is 1. The predicted molar refractivity (Wildman–Crippen MR) is 151 cm³/mol. The van der Waals surface area contributed by atoms with Crippen molar-refractivity contribution in [1.29, 1.82) is 5.41 Å². The number of aromatic amines is 1. The SMILES string of the molecule is N=C(N)NCCCNC(=O)c1ccc(-n2cc3cc(-c4cc(CCCCN)cc(C(F)(F)F)c4)[nH]c3nc2=O)cc1. The van der Waals surface area contributed by atoms with Gasteiger partial charge in [0.2, 0.25) is 0 Å². The van der Waals surface area contributed by atoms with Crippen molar-refractivity contribution in [2.75, 3.05) is 19.6 Å². The Bertz CT molecular complexity index is 1590. The molecule has 8 N–H and O–H groups in total. The van der Waals surface area contributed by atoms with Gasteiger partial charge in [0.1, 0.15) is 5.65 Å². The smallest absolute Gasteiger partial charge is 0.370 e. The highest BCUT2D eigenvalue weighted by atomic mass is 19.4. The molecular formula is C28H31F3N8O2. The van der Waals surface area contributed by atoms with Gasteiger partial charge in [-0.2, -0.15) is 18.2 Å². The van der Waals surface area contributed by atoms with Crippen molar-refractivity contribution in [1.82, 2.24) is 25.2 Å². The number of hydrogen-bond acceptors (Lipinski definition) is 5. The summed E-state index contributed by atoms with van der Waals surface area (Å²) in [6.07, 6.45) is -0.535. The van der Waals surface area contributed by atoms with Crippen LogP contribution in [0.25, 0.3) is 28.0 Å². The van der Waals surface area contributed by atoms with Crippen LogP contribution in [0.1, 0.15) is 40.7 Å². The maximum atomic E-state index is 13.6. The van der Waals surface area contributed by atoms with Crippen LogP contribution < -0.4 is 27.8 Å². The maximum Gasteiger partial charge on any atom is 0.416 e. The lowest BCUT2D eigenvalue weighted by molar-refractivity contribution is -0.137. The summed E-state index contributed by atoms with van der Waals surface area (Å²) in [5, 5.41) is 13.1. The molecule has 0 fully saturated rings. The Hall–Kier alpha value is -4.65. The fourth-order valence-corrected chi connectivity index (χ4v) is 4.35. The molecule has 4 aromatic rings. The zero-order chi connectivity index (χ0) is 29.6. The molecule has 41 heavy (non-hydrogen) atoms. The maximum absolute atomic E-state index is 13.6. The van der Waals surface area contributed by atoms with Crippen molar-refractivity contribution in [2.45, 2.75) is 31.9 Å². The van der Waals surface area contributed by atoms with E-state index in [4.69, 9.17) is 16.9 Å². The summed E-state index contributed by atoms with van der Waals surface area (Å²) < 4.78 is 42.2.